The van der Waals surface area contributed by atoms with Crippen LogP contribution in [0.15, 0.2) is 77.7 Å². The number of sulfonamides is 1. The standard InChI is InChI=1S/C25H27ClN2O3S/c1-4-24(20-14-13-18(2)19(3)15-20)27-25(29)17-28(22-10-8-9-21(26)16-22)32(30,31)23-11-6-5-7-12-23/h5-16,24H,4,17H2,1-3H3,(H,27,29). The molecule has 0 radical (unpaired) electrons. The summed E-state index contributed by atoms with van der Waals surface area (Å²) in [5.74, 6) is -0.394. The lowest BCUT2D eigenvalue weighted by atomic mass is 9.99. The van der Waals surface area contributed by atoms with E-state index >= 15 is 0 Å². The summed E-state index contributed by atoms with van der Waals surface area (Å²) in [6.07, 6.45) is 0.677. The Bertz CT molecular complexity index is 1200. The van der Waals surface area contributed by atoms with Crippen molar-refractivity contribution in [1.29, 1.82) is 0 Å². The first-order chi connectivity index (χ1) is 15.2. The average Bonchev–Trinajstić information content (AvgIpc) is 2.78. The highest BCUT2D eigenvalue weighted by Crippen LogP contribution is 2.26. The van der Waals surface area contributed by atoms with E-state index in [1.165, 1.54) is 23.8 Å². The van der Waals surface area contributed by atoms with Crippen molar-refractivity contribution >= 4 is 33.2 Å². The summed E-state index contributed by atoms with van der Waals surface area (Å²) in [5.41, 5.74) is 3.64. The van der Waals surface area contributed by atoms with Crippen LogP contribution in [0.4, 0.5) is 5.69 Å². The zero-order valence-corrected chi connectivity index (χ0v) is 20.0. The summed E-state index contributed by atoms with van der Waals surface area (Å²) in [4.78, 5) is 13.1. The number of hydrogen-bond donors (Lipinski definition) is 1. The van der Waals surface area contributed by atoms with Crippen LogP contribution in [-0.4, -0.2) is 20.9 Å². The SMILES string of the molecule is CCC(NC(=O)CN(c1cccc(Cl)c1)S(=O)(=O)c1ccccc1)c1ccc(C)c(C)c1. The number of anilines is 1. The Morgan fingerprint density at radius 3 is 2.31 bits per heavy atom. The first kappa shape index (κ1) is 23.8. The molecule has 0 aliphatic rings. The van der Waals surface area contributed by atoms with E-state index in [1.807, 2.05) is 32.9 Å². The first-order valence-electron chi connectivity index (χ1n) is 10.4. The van der Waals surface area contributed by atoms with Crippen LogP contribution in [0.5, 0.6) is 0 Å². The fourth-order valence-corrected chi connectivity index (χ4v) is 5.06. The Labute approximate surface area is 195 Å². The van der Waals surface area contributed by atoms with E-state index in [1.54, 1.807) is 36.4 Å². The van der Waals surface area contributed by atoms with Gasteiger partial charge >= 0.3 is 0 Å². The van der Waals surface area contributed by atoms with E-state index in [-0.39, 0.29) is 17.5 Å². The van der Waals surface area contributed by atoms with Crippen LogP contribution in [0, 0.1) is 13.8 Å². The minimum atomic E-state index is -3.97. The third-order valence-corrected chi connectivity index (χ3v) is 7.41. The highest BCUT2D eigenvalue weighted by Gasteiger charge is 2.28. The van der Waals surface area contributed by atoms with E-state index in [9.17, 15) is 13.2 Å². The molecule has 0 bridgehead atoms. The van der Waals surface area contributed by atoms with Crippen molar-refractivity contribution < 1.29 is 13.2 Å². The summed E-state index contributed by atoms with van der Waals surface area (Å²) in [6.45, 7) is 5.69. The normalized spacial score (nSPS) is 12.2. The molecule has 0 spiro atoms. The molecular weight excluding hydrogens is 444 g/mol. The number of amides is 1. The molecule has 0 saturated carbocycles. The molecular formula is C25H27ClN2O3S. The topological polar surface area (TPSA) is 66.5 Å². The highest BCUT2D eigenvalue weighted by atomic mass is 35.5. The van der Waals surface area contributed by atoms with Crippen molar-refractivity contribution in [2.24, 2.45) is 0 Å². The van der Waals surface area contributed by atoms with Crippen molar-refractivity contribution in [3.63, 3.8) is 0 Å². The van der Waals surface area contributed by atoms with Crippen molar-refractivity contribution in [1.82, 2.24) is 5.32 Å². The van der Waals surface area contributed by atoms with Gasteiger partial charge in [0.05, 0.1) is 16.6 Å². The minimum absolute atomic E-state index is 0.106. The second-order valence-corrected chi connectivity index (χ2v) is 9.98. The molecule has 3 rings (SSSR count). The maximum absolute atomic E-state index is 13.4. The van der Waals surface area contributed by atoms with Gasteiger partial charge in [-0.2, -0.15) is 0 Å². The number of hydrogen-bond acceptors (Lipinski definition) is 3. The summed E-state index contributed by atoms with van der Waals surface area (Å²) >= 11 is 6.11. The van der Waals surface area contributed by atoms with Gasteiger partial charge in [0.2, 0.25) is 5.91 Å². The van der Waals surface area contributed by atoms with Crippen molar-refractivity contribution in [3.05, 3.63) is 94.5 Å². The van der Waals surface area contributed by atoms with Crippen LogP contribution in [0.3, 0.4) is 0 Å². The molecule has 1 amide bonds. The number of nitrogens with zero attached hydrogens (tertiary/aromatic N) is 1. The van der Waals surface area contributed by atoms with Gasteiger partial charge in [0.15, 0.2) is 0 Å². The predicted octanol–water partition coefficient (Wildman–Crippen LogP) is 5.42. The molecule has 1 N–H and O–H groups in total. The van der Waals surface area contributed by atoms with Gasteiger partial charge in [0.25, 0.3) is 10.0 Å². The lowest BCUT2D eigenvalue weighted by Crippen LogP contribution is -2.42. The Kier molecular flexibility index (Phi) is 7.59. The third kappa shape index (κ3) is 5.50. The molecule has 0 aromatic heterocycles. The first-order valence-corrected chi connectivity index (χ1v) is 12.2. The maximum Gasteiger partial charge on any atom is 0.264 e. The Balaban J connectivity index is 1.90. The summed E-state index contributed by atoms with van der Waals surface area (Å²) < 4.78 is 27.9. The molecule has 3 aromatic rings. The van der Waals surface area contributed by atoms with E-state index in [0.29, 0.717) is 17.1 Å². The van der Waals surface area contributed by atoms with E-state index in [4.69, 9.17) is 11.6 Å². The molecule has 0 aliphatic heterocycles. The molecule has 7 heteroatoms. The number of carbonyl (C=O) groups excluding carboxylic acids is 1. The molecule has 0 fully saturated rings. The number of halogens is 1. The predicted molar refractivity (Wildman–Crippen MR) is 130 cm³/mol. The number of benzene rings is 3. The summed E-state index contributed by atoms with van der Waals surface area (Å²) in [5, 5.41) is 3.38. The van der Waals surface area contributed by atoms with Crippen LogP contribution in [-0.2, 0) is 14.8 Å². The Morgan fingerprint density at radius 1 is 0.969 bits per heavy atom. The molecule has 32 heavy (non-hydrogen) atoms. The van der Waals surface area contributed by atoms with Crippen molar-refractivity contribution in [2.75, 3.05) is 10.8 Å². The lowest BCUT2D eigenvalue weighted by Gasteiger charge is -2.26. The van der Waals surface area contributed by atoms with Gasteiger partial charge in [-0.1, -0.05) is 61.0 Å². The molecule has 5 nitrogen and oxygen atoms in total. The molecule has 0 saturated heterocycles. The fourth-order valence-electron chi connectivity index (χ4n) is 3.44. The summed E-state index contributed by atoms with van der Waals surface area (Å²) in [6, 6.07) is 20.4. The minimum Gasteiger partial charge on any atom is -0.348 e. The number of aryl methyl sites for hydroxylation is 2. The average molecular weight is 471 g/mol. The number of nitrogens with one attached hydrogen (secondary N) is 1. The molecule has 1 atom stereocenters. The smallest absolute Gasteiger partial charge is 0.264 e. The summed E-state index contributed by atoms with van der Waals surface area (Å²) in [7, 11) is -3.97. The van der Waals surface area contributed by atoms with Crippen molar-refractivity contribution in [2.45, 2.75) is 38.1 Å². The Morgan fingerprint density at radius 2 is 1.69 bits per heavy atom. The van der Waals surface area contributed by atoms with Gasteiger partial charge in [0, 0.05) is 5.02 Å². The van der Waals surface area contributed by atoms with Crippen LogP contribution in [0.1, 0.15) is 36.1 Å². The molecule has 3 aromatic carbocycles. The molecule has 1 unspecified atom stereocenters. The van der Waals surface area contributed by atoms with Gasteiger partial charge in [-0.05, 0) is 67.3 Å². The highest BCUT2D eigenvalue weighted by molar-refractivity contribution is 7.92. The van der Waals surface area contributed by atoms with Crippen LogP contribution in [0.25, 0.3) is 0 Å². The van der Waals surface area contributed by atoms with E-state index in [0.717, 1.165) is 15.4 Å². The maximum atomic E-state index is 13.4. The quantitative estimate of drug-likeness (QED) is 0.478. The monoisotopic (exact) mass is 470 g/mol. The number of rotatable bonds is 8. The zero-order chi connectivity index (χ0) is 23.3. The van der Waals surface area contributed by atoms with E-state index < -0.39 is 15.9 Å². The van der Waals surface area contributed by atoms with Gasteiger partial charge < -0.3 is 5.32 Å². The van der Waals surface area contributed by atoms with Gasteiger partial charge in [-0.25, -0.2) is 8.42 Å². The van der Waals surface area contributed by atoms with E-state index in [2.05, 4.69) is 11.4 Å². The largest absolute Gasteiger partial charge is 0.348 e. The third-order valence-electron chi connectivity index (χ3n) is 5.39. The fraction of sp³-hybridized carbons (Fsp3) is 0.240. The van der Waals surface area contributed by atoms with Crippen molar-refractivity contribution in [3.8, 4) is 0 Å². The zero-order valence-electron chi connectivity index (χ0n) is 18.4. The molecule has 0 heterocycles. The molecule has 168 valence electrons. The second kappa shape index (κ2) is 10.2. The van der Waals surface area contributed by atoms with Gasteiger partial charge in [0.1, 0.15) is 6.54 Å². The van der Waals surface area contributed by atoms with Crippen LogP contribution >= 0.6 is 11.6 Å². The number of carbonyl (C=O) groups is 1. The Hall–Kier alpha value is -2.83. The van der Waals surface area contributed by atoms with Crippen LogP contribution in [0.2, 0.25) is 5.02 Å². The lowest BCUT2D eigenvalue weighted by molar-refractivity contribution is -0.120. The second-order valence-electron chi connectivity index (χ2n) is 7.68. The molecule has 0 aliphatic carbocycles. The van der Waals surface area contributed by atoms with Gasteiger partial charge in [-0.15, -0.1) is 0 Å². The van der Waals surface area contributed by atoms with Crippen LogP contribution < -0.4 is 9.62 Å². The van der Waals surface area contributed by atoms with Gasteiger partial charge in [-0.3, -0.25) is 9.10 Å².